The van der Waals surface area contributed by atoms with Gasteiger partial charge in [0, 0.05) is 25.7 Å². The molecule has 0 saturated heterocycles. The summed E-state index contributed by atoms with van der Waals surface area (Å²) in [7, 11) is 2.14. The van der Waals surface area contributed by atoms with E-state index in [2.05, 4.69) is 27.3 Å². The summed E-state index contributed by atoms with van der Waals surface area (Å²) < 4.78 is 1.87. The van der Waals surface area contributed by atoms with Gasteiger partial charge in [-0.2, -0.15) is 5.10 Å². The van der Waals surface area contributed by atoms with Crippen LogP contribution < -0.4 is 5.32 Å². The van der Waals surface area contributed by atoms with Gasteiger partial charge in [-0.1, -0.05) is 0 Å². The molecule has 1 saturated carbocycles. The second-order valence-electron chi connectivity index (χ2n) is 4.19. The maximum absolute atomic E-state index is 4.07. The van der Waals surface area contributed by atoms with Crippen LogP contribution in [0.5, 0.6) is 0 Å². The second kappa shape index (κ2) is 5.23. The minimum absolute atomic E-state index is 0.814. The van der Waals surface area contributed by atoms with Crippen LogP contribution in [0.25, 0.3) is 0 Å². The smallest absolute Gasteiger partial charge is 0.137 e. The van der Waals surface area contributed by atoms with Crippen molar-refractivity contribution in [3.63, 3.8) is 0 Å². The zero-order valence-electron chi connectivity index (χ0n) is 9.26. The topological polar surface area (TPSA) is 46.0 Å². The van der Waals surface area contributed by atoms with Crippen LogP contribution in [0.4, 0.5) is 0 Å². The monoisotopic (exact) mass is 209 g/mol. The van der Waals surface area contributed by atoms with Crippen molar-refractivity contribution in [3.05, 3.63) is 12.7 Å². The number of rotatable bonds is 7. The Kier molecular flexibility index (Phi) is 3.69. The fourth-order valence-corrected chi connectivity index (χ4v) is 1.48. The highest BCUT2D eigenvalue weighted by atomic mass is 15.3. The summed E-state index contributed by atoms with van der Waals surface area (Å²) >= 11 is 0. The van der Waals surface area contributed by atoms with Crippen molar-refractivity contribution < 1.29 is 0 Å². The van der Waals surface area contributed by atoms with Gasteiger partial charge in [0.25, 0.3) is 0 Å². The molecule has 1 fully saturated rings. The first-order valence-electron chi connectivity index (χ1n) is 5.59. The van der Waals surface area contributed by atoms with Gasteiger partial charge in [0.05, 0.1) is 6.54 Å². The second-order valence-corrected chi connectivity index (χ2v) is 4.19. The molecule has 1 aliphatic rings. The SMILES string of the molecule is CN(CCNC1CC1)CCn1cncn1. The largest absolute Gasteiger partial charge is 0.313 e. The quantitative estimate of drug-likeness (QED) is 0.684. The standard InChI is InChI=1S/C10H19N5/c1-14(5-4-12-10-2-3-10)6-7-15-9-11-8-13-15/h8-10,12H,2-7H2,1H3. The summed E-state index contributed by atoms with van der Waals surface area (Å²) in [5, 5.41) is 7.57. The Hall–Kier alpha value is -0.940. The lowest BCUT2D eigenvalue weighted by molar-refractivity contribution is 0.310. The highest BCUT2D eigenvalue weighted by molar-refractivity contribution is 4.80. The molecule has 0 atom stereocenters. The van der Waals surface area contributed by atoms with Gasteiger partial charge >= 0.3 is 0 Å². The fourth-order valence-electron chi connectivity index (χ4n) is 1.48. The Bertz CT molecular complexity index is 267. The van der Waals surface area contributed by atoms with Crippen molar-refractivity contribution in [2.24, 2.45) is 0 Å². The van der Waals surface area contributed by atoms with E-state index in [-0.39, 0.29) is 0 Å². The molecular weight excluding hydrogens is 190 g/mol. The average Bonchev–Trinajstić information content (AvgIpc) is 2.91. The molecule has 0 radical (unpaired) electrons. The lowest BCUT2D eigenvalue weighted by atomic mass is 10.5. The van der Waals surface area contributed by atoms with Gasteiger partial charge in [-0.05, 0) is 19.9 Å². The first kappa shape index (κ1) is 10.6. The van der Waals surface area contributed by atoms with E-state index < -0.39 is 0 Å². The molecule has 0 aromatic carbocycles. The van der Waals surface area contributed by atoms with Crippen molar-refractivity contribution in [2.45, 2.75) is 25.4 Å². The zero-order chi connectivity index (χ0) is 10.5. The van der Waals surface area contributed by atoms with E-state index in [1.165, 1.54) is 12.8 Å². The van der Waals surface area contributed by atoms with Gasteiger partial charge in [-0.25, -0.2) is 4.98 Å². The van der Waals surface area contributed by atoms with Crippen LogP contribution in [0.3, 0.4) is 0 Å². The summed E-state index contributed by atoms with van der Waals surface area (Å²) in [6, 6.07) is 0.814. The summed E-state index contributed by atoms with van der Waals surface area (Å²) in [5.41, 5.74) is 0. The maximum Gasteiger partial charge on any atom is 0.137 e. The molecule has 1 aliphatic carbocycles. The number of hydrogen-bond acceptors (Lipinski definition) is 4. The van der Waals surface area contributed by atoms with E-state index >= 15 is 0 Å². The third kappa shape index (κ3) is 3.97. The van der Waals surface area contributed by atoms with Gasteiger partial charge < -0.3 is 10.2 Å². The molecule has 1 aromatic rings. The zero-order valence-corrected chi connectivity index (χ0v) is 9.26. The van der Waals surface area contributed by atoms with Gasteiger partial charge in [0.15, 0.2) is 0 Å². The number of likely N-dealkylation sites (N-methyl/N-ethyl adjacent to an activating group) is 1. The minimum Gasteiger partial charge on any atom is -0.313 e. The van der Waals surface area contributed by atoms with Gasteiger partial charge in [-0.3, -0.25) is 4.68 Å². The normalized spacial score (nSPS) is 16.1. The van der Waals surface area contributed by atoms with E-state index in [0.717, 1.165) is 32.2 Å². The van der Waals surface area contributed by atoms with Crippen LogP contribution in [0, 0.1) is 0 Å². The van der Waals surface area contributed by atoms with Crippen LogP contribution in [-0.2, 0) is 6.54 Å². The Morgan fingerprint density at radius 1 is 1.47 bits per heavy atom. The molecule has 15 heavy (non-hydrogen) atoms. The predicted octanol–water partition coefficient (Wildman–Crippen LogP) is -0.0381. The number of hydrogen-bond donors (Lipinski definition) is 1. The van der Waals surface area contributed by atoms with Crippen LogP contribution >= 0.6 is 0 Å². The van der Waals surface area contributed by atoms with Crippen LogP contribution in [0.1, 0.15) is 12.8 Å². The van der Waals surface area contributed by atoms with Gasteiger partial charge in [0.2, 0.25) is 0 Å². The highest BCUT2D eigenvalue weighted by Gasteiger charge is 2.19. The average molecular weight is 209 g/mol. The van der Waals surface area contributed by atoms with Crippen LogP contribution in [0.15, 0.2) is 12.7 Å². The van der Waals surface area contributed by atoms with E-state index in [1.807, 2.05) is 4.68 Å². The van der Waals surface area contributed by atoms with Gasteiger partial charge in [-0.15, -0.1) is 0 Å². The lowest BCUT2D eigenvalue weighted by Crippen LogP contribution is -2.32. The summed E-state index contributed by atoms with van der Waals surface area (Å²) in [6.45, 7) is 4.14. The van der Waals surface area contributed by atoms with Gasteiger partial charge in [0.1, 0.15) is 12.7 Å². The molecule has 1 aromatic heterocycles. The maximum atomic E-state index is 4.07. The summed E-state index contributed by atoms with van der Waals surface area (Å²) in [5.74, 6) is 0. The first-order valence-corrected chi connectivity index (χ1v) is 5.59. The molecule has 0 bridgehead atoms. The molecule has 84 valence electrons. The number of nitrogens with one attached hydrogen (secondary N) is 1. The molecule has 0 spiro atoms. The molecular formula is C10H19N5. The Morgan fingerprint density at radius 3 is 3.00 bits per heavy atom. The molecule has 1 N–H and O–H groups in total. The highest BCUT2D eigenvalue weighted by Crippen LogP contribution is 2.17. The van der Waals surface area contributed by atoms with Crippen molar-refractivity contribution in [1.29, 1.82) is 0 Å². The van der Waals surface area contributed by atoms with E-state index in [4.69, 9.17) is 0 Å². The van der Waals surface area contributed by atoms with E-state index in [9.17, 15) is 0 Å². The number of aromatic nitrogens is 3. The summed E-state index contributed by atoms with van der Waals surface area (Å²) in [6.07, 6.45) is 6.07. The third-order valence-corrected chi connectivity index (χ3v) is 2.68. The van der Waals surface area contributed by atoms with Crippen molar-refractivity contribution in [2.75, 3.05) is 26.7 Å². The van der Waals surface area contributed by atoms with Crippen molar-refractivity contribution in [1.82, 2.24) is 25.0 Å². The third-order valence-electron chi connectivity index (χ3n) is 2.68. The fraction of sp³-hybridized carbons (Fsp3) is 0.800. The Labute approximate surface area is 90.5 Å². The van der Waals surface area contributed by atoms with Crippen LogP contribution in [0.2, 0.25) is 0 Å². The summed E-state index contributed by atoms with van der Waals surface area (Å²) in [4.78, 5) is 6.23. The molecule has 1 heterocycles. The van der Waals surface area contributed by atoms with E-state index in [0.29, 0.717) is 0 Å². The minimum atomic E-state index is 0.814. The van der Waals surface area contributed by atoms with Crippen LogP contribution in [-0.4, -0.2) is 52.4 Å². The molecule has 5 nitrogen and oxygen atoms in total. The van der Waals surface area contributed by atoms with Crippen molar-refractivity contribution >= 4 is 0 Å². The van der Waals surface area contributed by atoms with E-state index in [1.54, 1.807) is 12.7 Å². The Balaban J connectivity index is 1.53. The lowest BCUT2D eigenvalue weighted by Gasteiger charge is -2.16. The molecule has 0 unspecified atom stereocenters. The predicted molar refractivity (Wildman–Crippen MR) is 58.5 cm³/mol. The molecule has 2 rings (SSSR count). The molecule has 5 heteroatoms. The molecule has 0 amide bonds. The Morgan fingerprint density at radius 2 is 2.33 bits per heavy atom. The first-order chi connectivity index (χ1) is 7.34. The molecule has 0 aliphatic heterocycles. The van der Waals surface area contributed by atoms with Crippen molar-refractivity contribution in [3.8, 4) is 0 Å². The number of nitrogens with zero attached hydrogens (tertiary/aromatic N) is 4.